The summed E-state index contributed by atoms with van der Waals surface area (Å²) in [5, 5.41) is 0. The van der Waals surface area contributed by atoms with Crippen LogP contribution in [0.3, 0.4) is 0 Å². The molecule has 120 valence electrons. The van der Waals surface area contributed by atoms with E-state index in [1.165, 1.54) is 64.2 Å². The molecule has 1 nitrogen and oxygen atoms in total. The van der Waals surface area contributed by atoms with Crippen molar-refractivity contribution in [3.8, 4) is 0 Å². The van der Waals surface area contributed by atoms with Crippen LogP contribution in [0.15, 0.2) is 0 Å². The molecule has 4 aliphatic rings. The fourth-order valence-corrected chi connectivity index (χ4v) is 7.83. The highest BCUT2D eigenvalue weighted by molar-refractivity contribution is 5.08. The molecule has 21 heavy (non-hydrogen) atoms. The van der Waals surface area contributed by atoms with E-state index in [4.69, 9.17) is 5.73 Å². The monoisotopic (exact) mass is 289 g/mol. The van der Waals surface area contributed by atoms with Gasteiger partial charge in [0.05, 0.1) is 0 Å². The smallest absolute Gasteiger partial charge is 0.00718 e. The van der Waals surface area contributed by atoms with Gasteiger partial charge in [0.15, 0.2) is 0 Å². The van der Waals surface area contributed by atoms with E-state index in [0.717, 1.165) is 30.2 Å². The first kappa shape index (κ1) is 14.5. The Morgan fingerprint density at radius 1 is 0.857 bits per heavy atom. The third-order valence-corrected chi connectivity index (χ3v) is 8.67. The van der Waals surface area contributed by atoms with E-state index < -0.39 is 0 Å². The topological polar surface area (TPSA) is 26.0 Å². The van der Waals surface area contributed by atoms with Crippen molar-refractivity contribution in [2.45, 2.75) is 84.0 Å². The van der Waals surface area contributed by atoms with Crippen LogP contribution in [0.25, 0.3) is 0 Å². The summed E-state index contributed by atoms with van der Waals surface area (Å²) in [5.74, 6) is 4.19. The largest absolute Gasteiger partial charge is 0.330 e. The molecule has 0 radical (unpaired) electrons. The van der Waals surface area contributed by atoms with Crippen LogP contribution in [0, 0.1) is 34.5 Å². The molecule has 4 fully saturated rings. The molecule has 0 bridgehead atoms. The van der Waals surface area contributed by atoms with Crippen LogP contribution < -0.4 is 5.73 Å². The van der Waals surface area contributed by atoms with E-state index in [9.17, 15) is 0 Å². The molecule has 4 aliphatic carbocycles. The van der Waals surface area contributed by atoms with Gasteiger partial charge in [-0.25, -0.2) is 0 Å². The molecule has 0 aliphatic heterocycles. The van der Waals surface area contributed by atoms with Crippen molar-refractivity contribution < 1.29 is 0 Å². The maximum Gasteiger partial charge on any atom is -0.00718 e. The normalized spacial score (nSPS) is 52.9. The van der Waals surface area contributed by atoms with E-state index in [-0.39, 0.29) is 0 Å². The Morgan fingerprint density at radius 3 is 2.62 bits per heavy atom. The highest BCUT2D eigenvalue weighted by Gasteiger charge is 2.58. The minimum absolute atomic E-state index is 0.667. The summed E-state index contributed by atoms with van der Waals surface area (Å²) >= 11 is 0. The molecule has 4 saturated carbocycles. The second-order valence-electron chi connectivity index (χ2n) is 9.25. The van der Waals surface area contributed by atoms with Gasteiger partial charge >= 0.3 is 0 Å². The number of hydrogen-bond acceptors (Lipinski definition) is 1. The van der Waals surface area contributed by atoms with Gasteiger partial charge in [-0.1, -0.05) is 26.2 Å². The zero-order valence-electron chi connectivity index (χ0n) is 14.1. The third kappa shape index (κ3) is 2.06. The molecule has 2 N–H and O–H groups in total. The van der Waals surface area contributed by atoms with Crippen molar-refractivity contribution in [3.63, 3.8) is 0 Å². The minimum Gasteiger partial charge on any atom is -0.330 e. The second kappa shape index (κ2) is 5.25. The summed E-state index contributed by atoms with van der Waals surface area (Å²) in [5.41, 5.74) is 7.50. The summed E-state index contributed by atoms with van der Waals surface area (Å²) in [6.45, 7) is 3.56. The Labute approximate surface area is 131 Å². The lowest BCUT2D eigenvalue weighted by molar-refractivity contribution is -0.115. The van der Waals surface area contributed by atoms with Gasteiger partial charge in [-0.05, 0) is 98.8 Å². The zero-order chi connectivity index (χ0) is 14.5. The van der Waals surface area contributed by atoms with Crippen molar-refractivity contribution in [3.05, 3.63) is 0 Å². The number of nitrogens with two attached hydrogens (primary N) is 1. The maximum atomic E-state index is 6.12. The van der Waals surface area contributed by atoms with Crippen molar-refractivity contribution in [2.75, 3.05) is 6.54 Å². The second-order valence-corrected chi connectivity index (χ2v) is 9.25. The molecular weight excluding hydrogens is 254 g/mol. The third-order valence-electron chi connectivity index (χ3n) is 8.67. The molecule has 0 amide bonds. The van der Waals surface area contributed by atoms with Crippen LogP contribution in [0.1, 0.15) is 84.0 Å². The highest BCUT2D eigenvalue weighted by atomic mass is 14.6. The average Bonchev–Trinajstić information content (AvgIpc) is 2.89. The Kier molecular flexibility index (Phi) is 3.64. The summed E-state index contributed by atoms with van der Waals surface area (Å²) in [6.07, 6.45) is 18.1. The van der Waals surface area contributed by atoms with Crippen molar-refractivity contribution in [1.29, 1.82) is 0 Å². The first-order valence-corrected chi connectivity index (χ1v) is 9.90. The van der Waals surface area contributed by atoms with Crippen LogP contribution in [-0.4, -0.2) is 6.54 Å². The Bertz CT molecular complexity index is 387. The average molecular weight is 290 g/mol. The van der Waals surface area contributed by atoms with Crippen LogP contribution in [0.4, 0.5) is 0 Å². The summed E-state index contributed by atoms with van der Waals surface area (Å²) in [7, 11) is 0. The molecule has 0 saturated heterocycles. The van der Waals surface area contributed by atoms with Crippen molar-refractivity contribution in [2.24, 2.45) is 40.2 Å². The van der Waals surface area contributed by atoms with Crippen molar-refractivity contribution >= 4 is 0 Å². The highest BCUT2D eigenvalue weighted by Crippen LogP contribution is 2.67. The molecule has 0 spiro atoms. The van der Waals surface area contributed by atoms with E-state index in [1.54, 1.807) is 12.8 Å². The van der Waals surface area contributed by atoms with Gasteiger partial charge in [0, 0.05) is 0 Å². The quantitative estimate of drug-likeness (QED) is 0.748. The Hall–Kier alpha value is -0.0400. The molecule has 0 heterocycles. The molecule has 4 rings (SSSR count). The van der Waals surface area contributed by atoms with Gasteiger partial charge in [-0.2, -0.15) is 0 Å². The van der Waals surface area contributed by atoms with Gasteiger partial charge in [0.1, 0.15) is 0 Å². The molecule has 2 unspecified atom stereocenters. The fourth-order valence-electron chi connectivity index (χ4n) is 7.83. The lowest BCUT2D eigenvalue weighted by atomic mass is 9.44. The predicted octanol–water partition coefficient (Wildman–Crippen LogP) is 5.14. The Morgan fingerprint density at radius 2 is 1.76 bits per heavy atom. The minimum atomic E-state index is 0.667. The lowest BCUT2D eigenvalue weighted by Crippen LogP contribution is -2.53. The molecule has 1 heteroatoms. The molecule has 6 atom stereocenters. The maximum absolute atomic E-state index is 6.12. The van der Waals surface area contributed by atoms with Gasteiger partial charge in [0.25, 0.3) is 0 Å². The standard InChI is InChI=1S/C20H35N/c1-19-10-4-6-17(19)16-8-7-15-5-2-3-11-20(15,13-14-21)18(16)9-12-19/h15-18H,2-14,21H2,1H3/t15?,16-,17-,18-,19-,20?/m0/s1. The molecule has 0 aromatic carbocycles. The first-order valence-electron chi connectivity index (χ1n) is 9.90. The van der Waals surface area contributed by atoms with Gasteiger partial charge < -0.3 is 5.73 Å². The van der Waals surface area contributed by atoms with Gasteiger partial charge in [0.2, 0.25) is 0 Å². The molecular formula is C20H35N. The number of rotatable bonds is 2. The first-order chi connectivity index (χ1) is 10.2. The van der Waals surface area contributed by atoms with Crippen molar-refractivity contribution in [1.82, 2.24) is 0 Å². The molecule has 0 aromatic heterocycles. The predicted molar refractivity (Wildman–Crippen MR) is 89.0 cm³/mol. The van der Waals surface area contributed by atoms with Crippen LogP contribution in [0.5, 0.6) is 0 Å². The van der Waals surface area contributed by atoms with Crippen LogP contribution in [0.2, 0.25) is 0 Å². The van der Waals surface area contributed by atoms with Crippen LogP contribution in [-0.2, 0) is 0 Å². The summed E-state index contributed by atoms with van der Waals surface area (Å²) in [6, 6.07) is 0. The van der Waals surface area contributed by atoms with E-state index in [0.29, 0.717) is 10.8 Å². The van der Waals surface area contributed by atoms with Crippen LogP contribution >= 0.6 is 0 Å². The van der Waals surface area contributed by atoms with Gasteiger partial charge in [-0.3, -0.25) is 0 Å². The fraction of sp³-hybridized carbons (Fsp3) is 1.00. The van der Waals surface area contributed by atoms with E-state index >= 15 is 0 Å². The number of hydrogen-bond donors (Lipinski definition) is 1. The lowest BCUT2D eigenvalue weighted by Gasteiger charge is -2.61. The zero-order valence-corrected chi connectivity index (χ0v) is 14.1. The summed E-state index contributed by atoms with van der Waals surface area (Å²) < 4.78 is 0. The number of fused-ring (bicyclic) bond motifs is 5. The summed E-state index contributed by atoms with van der Waals surface area (Å²) in [4.78, 5) is 0. The SMILES string of the molecule is C[C@@]12CCC[C@H]1[C@@H]1CCC3CCCCC3(CCN)[C@H]1CC2. The van der Waals surface area contributed by atoms with E-state index in [2.05, 4.69) is 6.92 Å². The Balaban J connectivity index is 1.66. The molecule has 0 aromatic rings. The van der Waals surface area contributed by atoms with E-state index in [1.807, 2.05) is 0 Å². The van der Waals surface area contributed by atoms with Gasteiger partial charge in [-0.15, -0.1) is 0 Å².